The minimum atomic E-state index is -4.96. The highest BCUT2D eigenvalue weighted by atomic mass is 31.2. The molecule has 3 N–H and O–H groups in total. The van der Waals surface area contributed by atoms with Crippen molar-refractivity contribution >= 4 is 39.5 Å². The van der Waals surface area contributed by atoms with Crippen molar-refractivity contribution in [3.63, 3.8) is 0 Å². The molecule has 0 aliphatic carbocycles. The van der Waals surface area contributed by atoms with Crippen molar-refractivity contribution in [2.45, 2.75) is 489 Å². The van der Waals surface area contributed by atoms with Gasteiger partial charge in [0.25, 0.3) is 0 Å². The van der Waals surface area contributed by atoms with Crippen LogP contribution in [0.15, 0.2) is 0 Å². The van der Waals surface area contributed by atoms with Gasteiger partial charge in [-0.05, 0) is 25.7 Å². The van der Waals surface area contributed by atoms with Gasteiger partial charge in [-0.15, -0.1) is 0 Å². The smallest absolute Gasteiger partial charge is 0.462 e. The summed E-state index contributed by atoms with van der Waals surface area (Å²) in [7, 11) is -9.92. The summed E-state index contributed by atoms with van der Waals surface area (Å²) in [5, 5.41) is 10.7. The summed E-state index contributed by atoms with van der Waals surface area (Å²) < 4.78 is 68.8. The van der Waals surface area contributed by atoms with Crippen molar-refractivity contribution < 1.29 is 80.2 Å². The van der Waals surface area contributed by atoms with Gasteiger partial charge in [0.1, 0.15) is 19.3 Å². The Labute approximate surface area is 645 Å². The van der Waals surface area contributed by atoms with E-state index in [0.29, 0.717) is 25.7 Å². The molecule has 0 amide bonds. The number of carbonyl (C=O) groups excluding carboxylic acids is 4. The van der Waals surface area contributed by atoms with Crippen LogP contribution in [0.4, 0.5) is 0 Å². The van der Waals surface area contributed by atoms with Gasteiger partial charge in [-0.2, -0.15) is 0 Å². The average molecular weight is 1540 g/mol. The van der Waals surface area contributed by atoms with Crippen LogP contribution in [0.25, 0.3) is 0 Å². The fourth-order valence-corrected chi connectivity index (χ4v) is 15.1. The zero-order chi connectivity index (χ0) is 76.7. The first-order valence-corrected chi connectivity index (χ1v) is 47.8. The number of hydrogen-bond donors (Lipinski definition) is 3. The Kier molecular flexibility index (Phi) is 78.6. The topological polar surface area (TPSA) is 237 Å². The number of aliphatic hydroxyl groups excluding tert-OH is 1. The molecule has 0 fully saturated rings. The lowest BCUT2D eigenvalue weighted by Crippen LogP contribution is -2.30. The summed E-state index contributed by atoms with van der Waals surface area (Å²) in [6.45, 7) is 5.04. The predicted octanol–water partition coefficient (Wildman–Crippen LogP) is 26.5. The molecule has 19 heteroatoms. The van der Waals surface area contributed by atoms with E-state index in [-0.39, 0.29) is 25.7 Å². The Morgan fingerprint density at radius 3 is 0.562 bits per heavy atom. The number of hydrogen-bond acceptors (Lipinski definition) is 15. The van der Waals surface area contributed by atoms with E-state index in [0.717, 1.165) is 89.9 Å². The number of carbonyl (C=O) groups is 4. The highest BCUT2D eigenvalue weighted by molar-refractivity contribution is 7.47. The third kappa shape index (κ3) is 79.9. The first kappa shape index (κ1) is 103. The van der Waals surface area contributed by atoms with Gasteiger partial charge >= 0.3 is 39.5 Å². The Bertz CT molecular complexity index is 1980. The fourth-order valence-electron chi connectivity index (χ4n) is 13.5. The molecule has 0 aliphatic heterocycles. The molecule has 0 aromatic heterocycles. The summed E-state index contributed by atoms with van der Waals surface area (Å²) in [4.78, 5) is 73.2. The lowest BCUT2D eigenvalue weighted by atomic mass is 10.0. The van der Waals surface area contributed by atoms with Crippen molar-refractivity contribution in [1.29, 1.82) is 0 Å². The van der Waals surface area contributed by atoms with E-state index in [1.54, 1.807) is 0 Å². The molecule has 17 nitrogen and oxygen atoms in total. The van der Waals surface area contributed by atoms with Gasteiger partial charge in [0.15, 0.2) is 12.2 Å². The molecule has 0 bridgehead atoms. The van der Waals surface area contributed by atoms with Crippen LogP contribution in [0.5, 0.6) is 0 Å². The average Bonchev–Trinajstić information content (AvgIpc) is 0.929. The van der Waals surface area contributed by atoms with E-state index in [1.165, 1.54) is 302 Å². The van der Waals surface area contributed by atoms with Crippen molar-refractivity contribution in [3.05, 3.63) is 0 Å². The van der Waals surface area contributed by atoms with Gasteiger partial charge < -0.3 is 33.8 Å². The molecule has 0 aliphatic rings. The molecule has 5 atom stereocenters. The number of phosphoric ester groups is 2. The molecule has 105 heavy (non-hydrogen) atoms. The van der Waals surface area contributed by atoms with E-state index in [2.05, 4.69) is 27.7 Å². The molecule has 0 rings (SSSR count). The summed E-state index contributed by atoms with van der Waals surface area (Å²) in [6.07, 6.45) is 75.1. The van der Waals surface area contributed by atoms with Crippen LogP contribution in [0.3, 0.4) is 0 Å². The first-order chi connectivity index (χ1) is 51.2. The quantitative estimate of drug-likeness (QED) is 0.0222. The lowest BCUT2D eigenvalue weighted by Gasteiger charge is -2.21. The highest BCUT2D eigenvalue weighted by Gasteiger charge is 2.30. The molecule has 0 aromatic rings. The number of phosphoric acid groups is 2. The fraction of sp³-hybridized carbons (Fsp3) is 0.953. The third-order valence-electron chi connectivity index (χ3n) is 20.4. The van der Waals surface area contributed by atoms with E-state index in [4.69, 9.17) is 37.0 Å². The van der Waals surface area contributed by atoms with Crippen molar-refractivity contribution in [2.75, 3.05) is 39.6 Å². The molecule has 0 aromatic carbocycles. The summed E-state index contributed by atoms with van der Waals surface area (Å²) in [5.41, 5.74) is 0. The largest absolute Gasteiger partial charge is 0.472 e. The van der Waals surface area contributed by atoms with Crippen LogP contribution in [0.2, 0.25) is 0 Å². The van der Waals surface area contributed by atoms with Gasteiger partial charge in [-0.3, -0.25) is 37.3 Å². The van der Waals surface area contributed by atoms with Crippen molar-refractivity contribution in [1.82, 2.24) is 0 Å². The minimum Gasteiger partial charge on any atom is -0.462 e. The maximum Gasteiger partial charge on any atom is 0.472 e. The normalized spacial score (nSPS) is 13.7. The van der Waals surface area contributed by atoms with E-state index < -0.39 is 97.5 Å². The molecule has 624 valence electrons. The Hall–Kier alpha value is -1.94. The second-order valence-corrected chi connectivity index (χ2v) is 33.8. The molecule has 2 unspecified atom stereocenters. The molecule has 0 saturated carbocycles. The minimum absolute atomic E-state index is 0.108. The van der Waals surface area contributed by atoms with Gasteiger partial charge in [0.2, 0.25) is 0 Å². The maximum atomic E-state index is 13.1. The molecule has 0 spiro atoms. The third-order valence-corrected chi connectivity index (χ3v) is 22.3. The number of unbranched alkanes of at least 4 members (excludes halogenated alkanes) is 61. The van der Waals surface area contributed by atoms with Crippen molar-refractivity contribution in [2.24, 2.45) is 0 Å². The molecule has 0 saturated heterocycles. The lowest BCUT2D eigenvalue weighted by molar-refractivity contribution is -0.161. The van der Waals surface area contributed by atoms with E-state index in [1.807, 2.05) is 0 Å². The number of rotatable bonds is 87. The van der Waals surface area contributed by atoms with Gasteiger partial charge in [0.05, 0.1) is 26.4 Å². The Morgan fingerprint density at radius 1 is 0.229 bits per heavy atom. The second kappa shape index (κ2) is 80.1. The Balaban J connectivity index is 5.20. The predicted molar refractivity (Wildman–Crippen MR) is 432 cm³/mol. The molecular weight excluding hydrogens is 1370 g/mol. The highest BCUT2D eigenvalue weighted by Crippen LogP contribution is 2.45. The van der Waals surface area contributed by atoms with Crippen LogP contribution < -0.4 is 0 Å². The van der Waals surface area contributed by atoms with Crippen LogP contribution >= 0.6 is 15.6 Å². The monoisotopic (exact) mass is 1540 g/mol. The second-order valence-electron chi connectivity index (χ2n) is 30.9. The van der Waals surface area contributed by atoms with E-state index >= 15 is 0 Å². The maximum absolute atomic E-state index is 13.1. The summed E-state index contributed by atoms with van der Waals surface area (Å²) >= 11 is 0. The van der Waals surface area contributed by atoms with Crippen LogP contribution in [0, 0.1) is 0 Å². The SMILES string of the molecule is CCCCCCCCCCCCCCCCCCCCCCCCC(=O)O[C@H](COC(=O)CCCCCCCCCCCCCCCCCCCCCC)COP(=O)(O)OC[C@@H](O)COP(=O)(O)OC[C@@H](COC(=O)CCCCCCCCCCCCC)OC(=O)CCCCCCCCCCCCCC. The van der Waals surface area contributed by atoms with Crippen LogP contribution in [-0.2, 0) is 65.4 Å². The molecule has 0 heterocycles. The van der Waals surface area contributed by atoms with Gasteiger partial charge in [-0.1, -0.05) is 419 Å². The molecular formula is C86H168O17P2. The number of aliphatic hydroxyl groups is 1. The molecule has 0 radical (unpaired) electrons. The zero-order valence-corrected chi connectivity index (χ0v) is 70.5. The van der Waals surface area contributed by atoms with Gasteiger partial charge in [0, 0.05) is 25.7 Å². The number of esters is 4. The van der Waals surface area contributed by atoms with Crippen LogP contribution in [0.1, 0.15) is 471 Å². The number of ether oxygens (including phenoxy) is 4. The zero-order valence-electron chi connectivity index (χ0n) is 68.7. The van der Waals surface area contributed by atoms with Gasteiger partial charge in [-0.25, -0.2) is 9.13 Å². The standard InChI is InChI=1S/C86H168O17P2/c1-5-9-13-17-21-25-29-32-34-36-38-40-41-43-45-47-49-53-57-61-65-69-73-86(91)103-82(77-97-84(89)71-67-63-59-55-52-48-46-44-42-39-37-35-33-30-26-22-18-14-10-6-2)79-101-105(94,95)99-75-80(87)74-98-104(92,93)100-78-81(76-96-83(88)70-66-62-58-54-50-28-24-20-16-12-8-4)102-85(90)72-68-64-60-56-51-31-27-23-19-15-11-7-3/h80-82,87H,5-79H2,1-4H3,(H,92,93)(H,94,95)/t80-,81+,82+/m0/s1. The van der Waals surface area contributed by atoms with E-state index in [9.17, 15) is 43.2 Å². The summed E-state index contributed by atoms with van der Waals surface area (Å²) in [5.74, 6) is -2.10. The Morgan fingerprint density at radius 2 is 0.381 bits per heavy atom. The summed E-state index contributed by atoms with van der Waals surface area (Å²) in [6, 6.07) is 0. The van der Waals surface area contributed by atoms with Crippen LogP contribution in [-0.4, -0.2) is 96.7 Å². The first-order valence-electron chi connectivity index (χ1n) is 44.8. The van der Waals surface area contributed by atoms with Crippen molar-refractivity contribution in [3.8, 4) is 0 Å².